The summed E-state index contributed by atoms with van der Waals surface area (Å²) >= 11 is 0. The minimum Gasteiger partial charge on any atom is -0.481 e. The van der Waals surface area contributed by atoms with Crippen molar-refractivity contribution < 1.29 is 14.7 Å². The molecule has 0 radical (unpaired) electrons. The lowest BCUT2D eigenvalue weighted by Gasteiger charge is -2.25. The molecule has 0 heterocycles. The predicted octanol–water partition coefficient (Wildman–Crippen LogP) is 0.873. The maximum absolute atomic E-state index is 11.8. The van der Waals surface area contributed by atoms with Gasteiger partial charge in [-0.3, -0.25) is 9.59 Å². The molecule has 4 N–H and O–H groups in total. The van der Waals surface area contributed by atoms with E-state index >= 15 is 0 Å². The number of carboxylic acid groups (broad SMARTS) is 1. The van der Waals surface area contributed by atoms with Crippen LogP contribution >= 0.6 is 0 Å². The molecule has 98 valence electrons. The van der Waals surface area contributed by atoms with E-state index in [1.165, 1.54) is 0 Å². The van der Waals surface area contributed by atoms with Gasteiger partial charge >= 0.3 is 5.97 Å². The molecule has 5 nitrogen and oxygen atoms in total. The number of carboxylic acids is 1. The van der Waals surface area contributed by atoms with Gasteiger partial charge in [0.2, 0.25) is 5.91 Å². The van der Waals surface area contributed by atoms with Gasteiger partial charge in [0.15, 0.2) is 0 Å². The van der Waals surface area contributed by atoms with Gasteiger partial charge in [0, 0.05) is 18.0 Å². The number of aliphatic carboxylic acids is 1. The molecule has 0 aromatic heterocycles. The summed E-state index contributed by atoms with van der Waals surface area (Å²) < 4.78 is 0. The molecule has 0 bridgehead atoms. The fourth-order valence-corrected chi connectivity index (χ4v) is 2.22. The van der Waals surface area contributed by atoms with Crippen LogP contribution in [-0.2, 0) is 9.59 Å². The summed E-state index contributed by atoms with van der Waals surface area (Å²) in [6, 6.07) is -0.370. The first-order chi connectivity index (χ1) is 7.84. The number of carbonyl (C=O) groups is 2. The molecular formula is C12H22N2O3. The maximum Gasteiger partial charge on any atom is 0.308 e. The van der Waals surface area contributed by atoms with E-state index < -0.39 is 11.9 Å². The molecule has 1 rings (SSSR count). The summed E-state index contributed by atoms with van der Waals surface area (Å²) in [6.45, 7) is 3.29. The number of rotatable bonds is 5. The van der Waals surface area contributed by atoms with Crippen molar-refractivity contribution in [3.63, 3.8) is 0 Å². The van der Waals surface area contributed by atoms with Gasteiger partial charge in [0.1, 0.15) is 0 Å². The normalized spacial score (nSPS) is 21.8. The summed E-state index contributed by atoms with van der Waals surface area (Å²) in [5.41, 5.74) is 5.72. The topological polar surface area (TPSA) is 92.4 Å². The van der Waals surface area contributed by atoms with E-state index in [2.05, 4.69) is 5.32 Å². The van der Waals surface area contributed by atoms with Gasteiger partial charge in [0.25, 0.3) is 0 Å². The zero-order valence-electron chi connectivity index (χ0n) is 10.5. The maximum atomic E-state index is 11.8. The van der Waals surface area contributed by atoms with Crippen LogP contribution < -0.4 is 11.1 Å². The van der Waals surface area contributed by atoms with Crippen LogP contribution in [0.25, 0.3) is 0 Å². The second-order valence-corrected chi connectivity index (χ2v) is 5.23. The monoisotopic (exact) mass is 242 g/mol. The van der Waals surface area contributed by atoms with Gasteiger partial charge in [-0.25, -0.2) is 0 Å². The van der Waals surface area contributed by atoms with Crippen LogP contribution in [0.5, 0.6) is 0 Å². The van der Waals surface area contributed by atoms with E-state index in [0.717, 1.165) is 25.7 Å². The second-order valence-electron chi connectivity index (χ2n) is 5.23. The zero-order chi connectivity index (χ0) is 13.1. The lowest BCUT2D eigenvalue weighted by molar-refractivity contribution is -0.142. The van der Waals surface area contributed by atoms with Crippen molar-refractivity contribution in [1.82, 2.24) is 5.32 Å². The average Bonchev–Trinajstić information content (AvgIpc) is 2.62. The molecule has 0 aromatic carbocycles. The SMILES string of the molecule is CC(NC(=O)CC1(N)CCCC1)C(C)C(=O)O. The Bertz CT molecular complexity index is 298. The molecule has 0 aliphatic heterocycles. The molecule has 1 aliphatic rings. The smallest absolute Gasteiger partial charge is 0.308 e. The summed E-state index contributed by atoms with van der Waals surface area (Å²) in [4.78, 5) is 22.5. The van der Waals surface area contributed by atoms with Crippen LogP contribution in [0.3, 0.4) is 0 Å². The number of hydrogen-bond acceptors (Lipinski definition) is 3. The molecular weight excluding hydrogens is 220 g/mol. The minimum atomic E-state index is -0.902. The van der Waals surface area contributed by atoms with Crippen molar-refractivity contribution >= 4 is 11.9 Å². The van der Waals surface area contributed by atoms with Gasteiger partial charge in [-0.2, -0.15) is 0 Å². The van der Waals surface area contributed by atoms with Crippen molar-refractivity contribution in [2.45, 2.75) is 57.5 Å². The molecule has 0 saturated heterocycles. The van der Waals surface area contributed by atoms with E-state index in [4.69, 9.17) is 10.8 Å². The van der Waals surface area contributed by atoms with Crippen LogP contribution in [0.4, 0.5) is 0 Å². The van der Waals surface area contributed by atoms with Crippen LogP contribution in [0.1, 0.15) is 46.0 Å². The predicted molar refractivity (Wildman–Crippen MR) is 64.4 cm³/mol. The largest absolute Gasteiger partial charge is 0.481 e. The fraction of sp³-hybridized carbons (Fsp3) is 0.833. The molecule has 2 unspecified atom stereocenters. The highest BCUT2D eigenvalue weighted by atomic mass is 16.4. The summed E-state index contributed by atoms with van der Waals surface area (Å²) in [5, 5.41) is 11.5. The van der Waals surface area contributed by atoms with E-state index in [1.807, 2.05) is 0 Å². The number of nitrogens with one attached hydrogen (secondary N) is 1. The summed E-state index contributed by atoms with van der Waals surface area (Å²) in [5.74, 6) is -1.63. The molecule has 1 fully saturated rings. The highest BCUT2D eigenvalue weighted by Gasteiger charge is 2.32. The van der Waals surface area contributed by atoms with E-state index in [1.54, 1.807) is 13.8 Å². The lowest BCUT2D eigenvalue weighted by atomic mass is 9.94. The van der Waals surface area contributed by atoms with E-state index in [-0.39, 0.29) is 17.5 Å². The van der Waals surface area contributed by atoms with Crippen LogP contribution in [0.2, 0.25) is 0 Å². The molecule has 17 heavy (non-hydrogen) atoms. The standard InChI is InChI=1S/C12H22N2O3/c1-8(11(16)17)9(2)14-10(15)7-12(13)5-3-4-6-12/h8-9H,3-7,13H2,1-2H3,(H,14,15)(H,16,17). The minimum absolute atomic E-state index is 0.144. The van der Waals surface area contributed by atoms with Gasteiger partial charge in [-0.1, -0.05) is 12.8 Å². The summed E-state index contributed by atoms with van der Waals surface area (Å²) in [6.07, 6.45) is 4.20. The fourth-order valence-electron chi connectivity index (χ4n) is 2.22. The molecule has 1 saturated carbocycles. The number of carbonyl (C=O) groups excluding carboxylic acids is 1. The Labute approximate surface area is 102 Å². The van der Waals surface area contributed by atoms with Crippen LogP contribution in [0.15, 0.2) is 0 Å². The molecule has 0 aromatic rings. The Kier molecular flexibility index (Phi) is 4.51. The van der Waals surface area contributed by atoms with E-state index in [9.17, 15) is 9.59 Å². The Morgan fingerprint density at radius 1 is 1.35 bits per heavy atom. The van der Waals surface area contributed by atoms with Gasteiger partial charge in [-0.15, -0.1) is 0 Å². The van der Waals surface area contributed by atoms with E-state index in [0.29, 0.717) is 6.42 Å². The zero-order valence-corrected chi connectivity index (χ0v) is 10.5. The summed E-state index contributed by atoms with van der Waals surface area (Å²) in [7, 11) is 0. The molecule has 5 heteroatoms. The first-order valence-corrected chi connectivity index (χ1v) is 6.15. The van der Waals surface area contributed by atoms with Gasteiger partial charge in [-0.05, 0) is 26.7 Å². The van der Waals surface area contributed by atoms with Crippen molar-refractivity contribution in [3.05, 3.63) is 0 Å². The number of amides is 1. The van der Waals surface area contributed by atoms with Crippen molar-refractivity contribution in [3.8, 4) is 0 Å². The Balaban J connectivity index is 2.41. The third-order valence-electron chi connectivity index (χ3n) is 3.64. The Hall–Kier alpha value is -1.10. The lowest BCUT2D eigenvalue weighted by Crippen LogP contribution is -2.46. The Morgan fingerprint density at radius 2 is 1.88 bits per heavy atom. The highest BCUT2D eigenvalue weighted by Crippen LogP contribution is 2.29. The quantitative estimate of drug-likeness (QED) is 0.667. The highest BCUT2D eigenvalue weighted by molar-refractivity contribution is 5.79. The first kappa shape index (κ1) is 14.0. The van der Waals surface area contributed by atoms with Crippen LogP contribution in [0, 0.1) is 5.92 Å². The average molecular weight is 242 g/mol. The molecule has 1 amide bonds. The Morgan fingerprint density at radius 3 is 2.35 bits per heavy atom. The third-order valence-corrected chi connectivity index (χ3v) is 3.64. The van der Waals surface area contributed by atoms with Crippen LogP contribution in [-0.4, -0.2) is 28.6 Å². The number of hydrogen-bond donors (Lipinski definition) is 3. The first-order valence-electron chi connectivity index (χ1n) is 6.15. The molecule has 1 aliphatic carbocycles. The molecule has 2 atom stereocenters. The molecule has 0 spiro atoms. The second kappa shape index (κ2) is 5.49. The van der Waals surface area contributed by atoms with Crippen molar-refractivity contribution in [2.75, 3.05) is 0 Å². The number of nitrogens with two attached hydrogens (primary N) is 1. The van der Waals surface area contributed by atoms with Gasteiger partial charge in [0.05, 0.1) is 5.92 Å². The third kappa shape index (κ3) is 4.00. The van der Waals surface area contributed by atoms with Crippen molar-refractivity contribution in [1.29, 1.82) is 0 Å². The van der Waals surface area contributed by atoms with Gasteiger partial charge < -0.3 is 16.2 Å². The van der Waals surface area contributed by atoms with Crippen molar-refractivity contribution in [2.24, 2.45) is 11.7 Å².